The molecule has 0 saturated carbocycles. The number of benzene rings is 1. The van der Waals surface area contributed by atoms with Gasteiger partial charge in [0.25, 0.3) is 0 Å². The van der Waals surface area contributed by atoms with Crippen molar-refractivity contribution >= 4 is 11.6 Å². The number of hydroxylamine groups is 1. The van der Waals surface area contributed by atoms with Crippen LogP contribution in [0, 0.1) is 0 Å². The van der Waals surface area contributed by atoms with Gasteiger partial charge in [0, 0.05) is 6.20 Å². The summed E-state index contributed by atoms with van der Waals surface area (Å²) in [7, 11) is 0. The molecule has 0 aliphatic carbocycles. The van der Waals surface area contributed by atoms with Crippen molar-refractivity contribution in [3.8, 4) is 0 Å². The van der Waals surface area contributed by atoms with Crippen molar-refractivity contribution in [2.24, 2.45) is 0 Å². The van der Waals surface area contributed by atoms with Gasteiger partial charge >= 0.3 is 0 Å². The number of aromatic nitrogens is 2. The maximum atomic E-state index is 9.76. The molecule has 0 saturated heterocycles. The van der Waals surface area contributed by atoms with Gasteiger partial charge < -0.3 is 5.11 Å². The zero-order chi connectivity index (χ0) is 13.1. The largest absolute Gasteiger partial charge is 0.507 e. The topological polar surface area (TPSA) is 58.5 Å². The summed E-state index contributed by atoms with van der Waals surface area (Å²) in [6.07, 6.45) is 4.69. The van der Waals surface area contributed by atoms with Gasteiger partial charge in [-0.15, -0.1) is 0 Å². The molecule has 1 aliphatic rings. The quantitative estimate of drug-likeness (QED) is 0.912. The van der Waals surface area contributed by atoms with Crippen LogP contribution in [0.25, 0.3) is 5.76 Å². The molecule has 0 amide bonds. The number of fused-ring (bicyclic) bond motifs is 1. The fraction of sp³-hybridized carbons (Fsp3) is 0.143. The van der Waals surface area contributed by atoms with Crippen LogP contribution in [0.4, 0.5) is 5.82 Å². The van der Waals surface area contributed by atoms with Crippen LogP contribution in [-0.4, -0.2) is 21.6 Å². The van der Waals surface area contributed by atoms with E-state index in [2.05, 4.69) is 9.97 Å². The Labute approximate surface area is 110 Å². The molecule has 5 heteroatoms. The molecule has 96 valence electrons. The summed E-state index contributed by atoms with van der Waals surface area (Å²) in [5.41, 5.74) is 1.67. The Balaban J connectivity index is 1.77. The van der Waals surface area contributed by atoms with E-state index in [1.165, 1.54) is 6.33 Å². The summed E-state index contributed by atoms with van der Waals surface area (Å²) in [5, 5.41) is 11.4. The molecule has 5 nitrogen and oxygen atoms in total. The molecular weight excluding hydrogens is 242 g/mol. The van der Waals surface area contributed by atoms with Gasteiger partial charge in [-0.3, -0.25) is 4.84 Å². The van der Waals surface area contributed by atoms with E-state index >= 15 is 0 Å². The number of rotatable bonds is 3. The van der Waals surface area contributed by atoms with E-state index in [-0.39, 0.29) is 5.76 Å². The van der Waals surface area contributed by atoms with E-state index in [0.717, 1.165) is 5.56 Å². The van der Waals surface area contributed by atoms with Gasteiger partial charge in [-0.2, -0.15) is 0 Å². The predicted octanol–water partition coefficient (Wildman–Crippen LogP) is 2.33. The van der Waals surface area contributed by atoms with Gasteiger partial charge in [-0.05, 0) is 11.6 Å². The van der Waals surface area contributed by atoms with Crippen LogP contribution in [0.3, 0.4) is 0 Å². The van der Waals surface area contributed by atoms with Crippen LogP contribution < -0.4 is 5.06 Å². The first-order valence-corrected chi connectivity index (χ1v) is 5.98. The standard InChI is InChI=1S/C14H13N3O2/c18-13-6-7-17(14-12(13)8-15-10-16-14)19-9-11-4-2-1-3-5-11/h1-6,8,10,18H,7,9H2. The number of anilines is 1. The van der Waals surface area contributed by atoms with Crippen molar-refractivity contribution in [2.45, 2.75) is 6.61 Å². The molecule has 0 radical (unpaired) electrons. The number of aliphatic hydroxyl groups excluding tert-OH is 1. The second-order valence-electron chi connectivity index (χ2n) is 4.17. The zero-order valence-electron chi connectivity index (χ0n) is 10.2. The van der Waals surface area contributed by atoms with Gasteiger partial charge in [0.1, 0.15) is 12.1 Å². The molecular formula is C14H13N3O2. The van der Waals surface area contributed by atoms with Gasteiger partial charge in [-0.1, -0.05) is 30.3 Å². The van der Waals surface area contributed by atoms with Crippen molar-refractivity contribution in [3.63, 3.8) is 0 Å². The summed E-state index contributed by atoms with van der Waals surface area (Å²) >= 11 is 0. The van der Waals surface area contributed by atoms with E-state index in [9.17, 15) is 5.11 Å². The molecule has 1 aromatic heterocycles. The third-order valence-corrected chi connectivity index (χ3v) is 2.88. The highest BCUT2D eigenvalue weighted by atomic mass is 16.7. The number of aliphatic hydroxyl groups is 1. The molecule has 2 heterocycles. The monoisotopic (exact) mass is 255 g/mol. The molecule has 0 atom stereocenters. The van der Waals surface area contributed by atoms with Crippen LogP contribution in [0.5, 0.6) is 0 Å². The third-order valence-electron chi connectivity index (χ3n) is 2.88. The number of hydrogen-bond donors (Lipinski definition) is 1. The second kappa shape index (κ2) is 5.07. The summed E-state index contributed by atoms with van der Waals surface area (Å²) in [6.45, 7) is 0.918. The fourth-order valence-electron chi connectivity index (χ4n) is 1.91. The molecule has 1 aromatic carbocycles. The molecule has 1 N–H and O–H groups in total. The number of nitrogens with zero attached hydrogens (tertiary/aromatic N) is 3. The highest BCUT2D eigenvalue weighted by Crippen LogP contribution is 2.27. The lowest BCUT2D eigenvalue weighted by Gasteiger charge is -2.26. The Bertz CT molecular complexity index is 599. The Kier molecular flexibility index (Phi) is 3.12. The first-order chi connectivity index (χ1) is 9.34. The highest BCUT2D eigenvalue weighted by molar-refractivity contribution is 5.71. The van der Waals surface area contributed by atoms with Crippen LogP contribution in [0.1, 0.15) is 11.1 Å². The van der Waals surface area contributed by atoms with Gasteiger partial charge in [-0.25, -0.2) is 15.0 Å². The molecule has 0 unspecified atom stereocenters. The number of hydrogen-bond acceptors (Lipinski definition) is 5. The average Bonchev–Trinajstić information content (AvgIpc) is 2.48. The Morgan fingerprint density at radius 2 is 2.11 bits per heavy atom. The highest BCUT2D eigenvalue weighted by Gasteiger charge is 2.20. The van der Waals surface area contributed by atoms with Crippen molar-refractivity contribution in [1.29, 1.82) is 0 Å². The summed E-state index contributed by atoms with van der Waals surface area (Å²) < 4.78 is 0. The maximum Gasteiger partial charge on any atom is 0.167 e. The minimum absolute atomic E-state index is 0.190. The summed E-state index contributed by atoms with van der Waals surface area (Å²) in [6, 6.07) is 9.90. The van der Waals surface area contributed by atoms with Crippen molar-refractivity contribution in [3.05, 3.63) is 60.1 Å². The third kappa shape index (κ3) is 2.41. The first kappa shape index (κ1) is 11.7. The van der Waals surface area contributed by atoms with Crippen LogP contribution in [0.15, 0.2) is 48.9 Å². The van der Waals surface area contributed by atoms with E-state index < -0.39 is 0 Å². The maximum absolute atomic E-state index is 9.76. The molecule has 0 spiro atoms. The lowest BCUT2D eigenvalue weighted by molar-refractivity contribution is 0.0974. The van der Waals surface area contributed by atoms with Gasteiger partial charge in [0.2, 0.25) is 0 Å². The van der Waals surface area contributed by atoms with Crippen LogP contribution in [0.2, 0.25) is 0 Å². The minimum Gasteiger partial charge on any atom is -0.507 e. The predicted molar refractivity (Wildman–Crippen MR) is 71.2 cm³/mol. The van der Waals surface area contributed by atoms with Gasteiger partial charge in [0.15, 0.2) is 5.82 Å². The Morgan fingerprint density at radius 3 is 2.95 bits per heavy atom. The van der Waals surface area contributed by atoms with E-state index in [1.54, 1.807) is 17.3 Å². The van der Waals surface area contributed by atoms with E-state index in [0.29, 0.717) is 24.5 Å². The first-order valence-electron chi connectivity index (χ1n) is 5.98. The van der Waals surface area contributed by atoms with Crippen LogP contribution in [-0.2, 0) is 11.4 Å². The molecule has 1 aliphatic heterocycles. The van der Waals surface area contributed by atoms with Gasteiger partial charge in [0.05, 0.1) is 18.7 Å². The average molecular weight is 255 g/mol. The molecule has 3 rings (SSSR count). The molecule has 0 bridgehead atoms. The van der Waals surface area contributed by atoms with Crippen molar-refractivity contribution in [2.75, 3.05) is 11.6 Å². The Hall–Kier alpha value is -2.40. The van der Waals surface area contributed by atoms with E-state index in [1.807, 2.05) is 30.3 Å². The lowest BCUT2D eigenvalue weighted by Crippen LogP contribution is -2.28. The normalized spacial score (nSPS) is 13.9. The molecule has 0 fully saturated rings. The SMILES string of the molecule is OC1=CCN(OCc2ccccc2)c2ncncc21. The van der Waals surface area contributed by atoms with E-state index in [4.69, 9.17) is 4.84 Å². The Morgan fingerprint density at radius 1 is 1.26 bits per heavy atom. The molecule has 19 heavy (non-hydrogen) atoms. The van der Waals surface area contributed by atoms with Crippen LogP contribution >= 0.6 is 0 Å². The summed E-state index contributed by atoms with van der Waals surface area (Å²) in [4.78, 5) is 13.8. The minimum atomic E-state index is 0.190. The zero-order valence-corrected chi connectivity index (χ0v) is 10.2. The van der Waals surface area contributed by atoms with Crippen molar-refractivity contribution < 1.29 is 9.94 Å². The smallest absolute Gasteiger partial charge is 0.167 e. The van der Waals surface area contributed by atoms with Crippen molar-refractivity contribution in [1.82, 2.24) is 9.97 Å². The second-order valence-corrected chi connectivity index (χ2v) is 4.17. The lowest BCUT2D eigenvalue weighted by atomic mass is 10.2. The summed E-state index contributed by atoms with van der Waals surface area (Å²) in [5.74, 6) is 0.779. The molecule has 2 aromatic rings. The fourth-order valence-corrected chi connectivity index (χ4v) is 1.91.